The molecule has 2 aromatic carbocycles. The Bertz CT molecular complexity index is 1140. The Labute approximate surface area is 168 Å². The van der Waals surface area contributed by atoms with Crippen LogP contribution in [-0.2, 0) is 6.54 Å². The molecule has 3 N–H and O–H groups in total. The maximum Gasteiger partial charge on any atom is 0.218 e. The molecule has 0 bridgehead atoms. The molecule has 140 valence electrons. The lowest BCUT2D eigenvalue weighted by atomic mass is 10.2. The number of aromatic hydroxyl groups is 1. The Hall–Kier alpha value is -3.01. The maximum atomic E-state index is 10.9. The highest BCUT2D eigenvalue weighted by Crippen LogP contribution is 2.39. The van der Waals surface area contributed by atoms with Crippen LogP contribution in [0.25, 0.3) is 10.9 Å². The minimum Gasteiger partial charge on any atom is -0.493 e. The fourth-order valence-corrected chi connectivity index (χ4v) is 4.08. The Morgan fingerprint density at radius 1 is 1.07 bits per heavy atom. The summed E-state index contributed by atoms with van der Waals surface area (Å²) in [5.41, 5.74) is 1.60. The zero-order chi connectivity index (χ0) is 19.3. The maximum absolute atomic E-state index is 10.9. The summed E-state index contributed by atoms with van der Waals surface area (Å²) in [4.78, 5) is 16.0. The van der Waals surface area contributed by atoms with Crippen LogP contribution < -0.4 is 4.72 Å². The monoisotopic (exact) mass is 409 g/mol. The molecule has 4 rings (SSSR count). The summed E-state index contributed by atoms with van der Waals surface area (Å²) in [7, 11) is 0. The topological polar surface area (TPSA) is 102 Å². The normalized spacial score (nSPS) is 11.4. The first kappa shape index (κ1) is 18.4. The summed E-state index contributed by atoms with van der Waals surface area (Å²) in [6, 6.07) is 16.5. The molecule has 2 aromatic heterocycles. The zero-order valence-electron chi connectivity index (χ0n) is 14.5. The number of fused-ring (bicyclic) bond motifs is 1. The predicted octanol–water partition coefficient (Wildman–Crippen LogP) is 6.55. The van der Waals surface area contributed by atoms with Crippen molar-refractivity contribution in [2.75, 3.05) is 0 Å². The molecule has 0 saturated heterocycles. The standard InChI is InChI=1S/C19H15N5O2S2/c25-19-18(23-22-16-5-1-2-6-17(16)24-26)14-10-12(7-8-15(14)21-19)28-20-11-13-4-3-9-27-13/h1-10,20-21,25H,11H2. The van der Waals surface area contributed by atoms with Gasteiger partial charge in [-0.1, -0.05) is 18.2 Å². The van der Waals surface area contributed by atoms with Crippen molar-refractivity contribution < 1.29 is 5.11 Å². The second kappa shape index (κ2) is 8.34. The summed E-state index contributed by atoms with van der Waals surface area (Å²) < 4.78 is 3.32. The van der Waals surface area contributed by atoms with Gasteiger partial charge in [-0.05, 0) is 58.9 Å². The van der Waals surface area contributed by atoms with Crippen molar-refractivity contribution in [2.24, 2.45) is 15.4 Å². The molecule has 7 nitrogen and oxygen atoms in total. The van der Waals surface area contributed by atoms with E-state index in [4.69, 9.17) is 0 Å². The summed E-state index contributed by atoms with van der Waals surface area (Å²) in [5, 5.41) is 24.2. The van der Waals surface area contributed by atoms with Crippen molar-refractivity contribution in [3.8, 4) is 5.88 Å². The Kier molecular flexibility index (Phi) is 5.47. The molecule has 0 spiro atoms. The van der Waals surface area contributed by atoms with Crippen LogP contribution in [0, 0.1) is 4.91 Å². The van der Waals surface area contributed by atoms with Crippen LogP contribution in [0.15, 0.2) is 80.3 Å². The average Bonchev–Trinajstić information content (AvgIpc) is 3.34. The van der Waals surface area contributed by atoms with Crippen LogP contribution in [0.2, 0.25) is 0 Å². The van der Waals surface area contributed by atoms with Crippen LogP contribution in [-0.4, -0.2) is 10.1 Å². The van der Waals surface area contributed by atoms with Gasteiger partial charge in [-0.15, -0.1) is 26.5 Å². The third-order valence-electron chi connectivity index (χ3n) is 3.98. The number of azo groups is 1. The van der Waals surface area contributed by atoms with E-state index in [1.165, 1.54) is 16.8 Å². The number of nitrogens with one attached hydrogen (secondary N) is 2. The van der Waals surface area contributed by atoms with Gasteiger partial charge in [0.2, 0.25) is 5.88 Å². The molecule has 9 heteroatoms. The second-order valence-electron chi connectivity index (χ2n) is 5.81. The number of aromatic amines is 1. The first-order chi connectivity index (χ1) is 13.7. The molecule has 0 atom stereocenters. The van der Waals surface area contributed by atoms with Gasteiger partial charge in [0.25, 0.3) is 0 Å². The summed E-state index contributed by atoms with van der Waals surface area (Å²) >= 11 is 3.21. The van der Waals surface area contributed by atoms with Gasteiger partial charge in [0.15, 0.2) is 5.69 Å². The van der Waals surface area contributed by atoms with E-state index in [1.54, 1.807) is 35.6 Å². The average molecular weight is 409 g/mol. The van der Waals surface area contributed by atoms with Crippen LogP contribution in [0.3, 0.4) is 0 Å². The van der Waals surface area contributed by atoms with Gasteiger partial charge in [-0.25, -0.2) is 0 Å². The van der Waals surface area contributed by atoms with Crippen LogP contribution >= 0.6 is 23.3 Å². The quantitative estimate of drug-likeness (QED) is 0.183. The first-order valence-corrected chi connectivity index (χ1v) is 10.0. The lowest BCUT2D eigenvalue weighted by molar-refractivity contribution is 0.459. The molecule has 28 heavy (non-hydrogen) atoms. The number of hydrogen-bond donors (Lipinski definition) is 3. The molecule has 0 saturated carbocycles. The molecular weight excluding hydrogens is 394 g/mol. The van der Waals surface area contributed by atoms with E-state index in [0.717, 1.165) is 22.3 Å². The Balaban J connectivity index is 1.58. The minimum absolute atomic E-state index is 0.0796. The van der Waals surface area contributed by atoms with E-state index < -0.39 is 0 Å². The molecule has 2 heterocycles. The number of hydrogen-bond acceptors (Lipinski definition) is 8. The summed E-state index contributed by atoms with van der Waals surface area (Å²) in [6.07, 6.45) is 0. The third-order valence-corrected chi connectivity index (χ3v) is 5.63. The lowest BCUT2D eigenvalue weighted by Gasteiger charge is -2.03. The number of aromatic nitrogens is 1. The minimum atomic E-state index is -0.0796. The van der Waals surface area contributed by atoms with Crippen molar-refractivity contribution in [3.63, 3.8) is 0 Å². The second-order valence-corrected chi connectivity index (χ2v) is 7.81. The van der Waals surface area contributed by atoms with Crippen molar-refractivity contribution in [3.05, 3.63) is 69.8 Å². The first-order valence-electron chi connectivity index (χ1n) is 8.35. The summed E-state index contributed by atoms with van der Waals surface area (Å²) in [6.45, 7) is 0.765. The van der Waals surface area contributed by atoms with E-state index in [1.807, 2.05) is 29.6 Å². The molecule has 4 aromatic rings. The van der Waals surface area contributed by atoms with Gasteiger partial charge in [0, 0.05) is 21.7 Å². The largest absolute Gasteiger partial charge is 0.493 e. The number of benzene rings is 2. The molecule has 0 radical (unpaired) electrons. The highest BCUT2D eigenvalue weighted by Gasteiger charge is 2.12. The van der Waals surface area contributed by atoms with E-state index in [9.17, 15) is 10.0 Å². The van der Waals surface area contributed by atoms with Crippen LogP contribution in [0.1, 0.15) is 4.88 Å². The van der Waals surface area contributed by atoms with Gasteiger partial charge in [-0.3, -0.25) is 4.72 Å². The number of H-pyrrole nitrogens is 1. The van der Waals surface area contributed by atoms with Gasteiger partial charge in [0.05, 0.1) is 5.52 Å². The lowest BCUT2D eigenvalue weighted by Crippen LogP contribution is -2.00. The molecule has 0 fully saturated rings. The van der Waals surface area contributed by atoms with Crippen molar-refractivity contribution in [2.45, 2.75) is 11.4 Å². The van der Waals surface area contributed by atoms with Crippen LogP contribution in [0.5, 0.6) is 5.88 Å². The molecule has 0 amide bonds. The molecule has 0 aliphatic heterocycles. The molecule has 0 aliphatic rings. The zero-order valence-corrected chi connectivity index (χ0v) is 16.1. The molecule has 0 unspecified atom stereocenters. The fraction of sp³-hybridized carbons (Fsp3) is 0.0526. The Morgan fingerprint density at radius 2 is 1.93 bits per heavy atom. The number of nitroso groups, excluding NO2 is 1. The highest BCUT2D eigenvalue weighted by atomic mass is 32.2. The van der Waals surface area contributed by atoms with Crippen molar-refractivity contribution >= 4 is 51.2 Å². The van der Waals surface area contributed by atoms with Crippen molar-refractivity contribution in [1.82, 2.24) is 9.71 Å². The van der Waals surface area contributed by atoms with Crippen molar-refractivity contribution in [1.29, 1.82) is 0 Å². The van der Waals surface area contributed by atoms with E-state index >= 15 is 0 Å². The smallest absolute Gasteiger partial charge is 0.218 e. The third kappa shape index (κ3) is 3.96. The van der Waals surface area contributed by atoms with E-state index in [0.29, 0.717) is 11.4 Å². The van der Waals surface area contributed by atoms with E-state index in [2.05, 4.69) is 31.2 Å². The van der Waals surface area contributed by atoms with Gasteiger partial charge in [0.1, 0.15) is 11.4 Å². The Morgan fingerprint density at radius 3 is 2.71 bits per heavy atom. The number of thiophene rings is 1. The van der Waals surface area contributed by atoms with Gasteiger partial charge >= 0.3 is 0 Å². The fourth-order valence-electron chi connectivity index (χ4n) is 2.64. The molecule has 0 aliphatic carbocycles. The van der Waals surface area contributed by atoms with Gasteiger partial charge in [-0.2, -0.15) is 0 Å². The highest BCUT2D eigenvalue weighted by molar-refractivity contribution is 7.97. The van der Waals surface area contributed by atoms with E-state index in [-0.39, 0.29) is 11.6 Å². The number of nitrogens with zero attached hydrogens (tertiary/aromatic N) is 3. The summed E-state index contributed by atoms with van der Waals surface area (Å²) in [5.74, 6) is -0.0796. The predicted molar refractivity (Wildman–Crippen MR) is 113 cm³/mol. The van der Waals surface area contributed by atoms with Crippen LogP contribution in [0.4, 0.5) is 17.1 Å². The number of rotatable bonds is 7. The molecular formula is C19H15N5O2S2. The SMILES string of the molecule is O=Nc1ccccc1N=Nc1c(O)[nH]c2ccc(SNCc3cccs3)cc12. The van der Waals surface area contributed by atoms with Gasteiger partial charge < -0.3 is 10.1 Å².